The highest BCUT2D eigenvalue weighted by molar-refractivity contribution is 7.13. The molecule has 1 fully saturated rings. The van der Waals surface area contributed by atoms with Crippen molar-refractivity contribution in [3.63, 3.8) is 0 Å². The lowest BCUT2D eigenvalue weighted by atomic mass is 10.1. The maximum Gasteiger partial charge on any atom is 0.191 e. The van der Waals surface area contributed by atoms with Gasteiger partial charge in [0.1, 0.15) is 0 Å². The molecule has 2 heterocycles. The van der Waals surface area contributed by atoms with Gasteiger partial charge in [0.05, 0.1) is 11.7 Å². The van der Waals surface area contributed by atoms with Crippen LogP contribution in [0.15, 0.2) is 34.6 Å². The molecule has 26 heavy (non-hydrogen) atoms. The Morgan fingerprint density at radius 3 is 2.85 bits per heavy atom. The maximum absolute atomic E-state index is 6.27. The van der Waals surface area contributed by atoms with Crippen molar-refractivity contribution < 1.29 is 0 Å². The largest absolute Gasteiger partial charge is 0.356 e. The molecule has 0 saturated carbocycles. The summed E-state index contributed by atoms with van der Waals surface area (Å²) >= 11 is 8.02. The summed E-state index contributed by atoms with van der Waals surface area (Å²) in [6.07, 6.45) is 3.44. The molecule has 1 saturated heterocycles. The Bertz CT molecular complexity index is 739. The average molecular weight is 392 g/mol. The van der Waals surface area contributed by atoms with Gasteiger partial charge in [0.25, 0.3) is 0 Å². The van der Waals surface area contributed by atoms with Gasteiger partial charge in [-0.2, -0.15) is 0 Å². The second kappa shape index (κ2) is 9.24. The van der Waals surface area contributed by atoms with E-state index in [1.54, 1.807) is 18.4 Å². The summed E-state index contributed by atoms with van der Waals surface area (Å²) in [6.45, 7) is 5.15. The highest BCUT2D eigenvalue weighted by atomic mass is 35.5. The number of guanidine groups is 1. The Morgan fingerprint density at radius 2 is 2.12 bits per heavy atom. The Morgan fingerprint density at radius 1 is 1.35 bits per heavy atom. The van der Waals surface area contributed by atoms with Crippen LogP contribution in [0.3, 0.4) is 0 Å². The lowest BCUT2D eigenvalue weighted by molar-refractivity contribution is 0.683. The number of thiazole rings is 1. The molecule has 5 nitrogen and oxygen atoms in total. The minimum Gasteiger partial charge on any atom is -0.356 e. The number of anilines is 1. The van der Waals surface area contributed by atoms with Gasteiger partial charge in [0, 0.05) is 43.5 Å². The van der Waals surface area contributed by atoms with Crippen LogP contribution >= 0.6 is 22.9 Å². The van der Waals surface area contributed by atoms with Gasteiger partial charge < -0.3 is 15.5 Å². The molecule has 0 radical (unpaired) electrons. The van der Waals surface area contributed by atoms with Gasteiger partial charge in [0.15, 0.2) is 11.1 Å². The Hall–Kier alpha value is -1.79. The van der Waals surface area contributed by atoms with Gasteiger partial charge in [-0.3, -0.25) is 4.99 Å². The van der Waals surface area contributed by atoms with Crippen molar-refractivity contribution in [2.75, 3.05) is 31.6 Å². The third-order valence-corrected chi connectivity index (χ3v) is 5.83. The molecule has 3 rings (SSSR count). The molecule has 7 heteroatoms. The smallest absolute Gasteiger partial charge is 0.191 e. The van der Waals surface area contributed by atoms with Crippen LogP contribution in [0, 0.1) is 0 Å². The van der Waals surface area contributed by atoms with Crippen LogP contribution in [0.4, 0.5) is 5.13 Å². The van der Waals surface area contributed by atoms with E-state index >= 15 is 0 Å². The standard InChI is InChI=1S/C19H26ClN5S/c1-14(16-7-3-4-8-17(16)20)23-18(21-2)22-10-9-15-13-26-19(24-15)25-11-5-6-12-25/h3-4,7-8,13-14H,5-6,9-12H2,1-2H3,(H2,21,22,23). The van der Waals surface area contributed by atoms with E-state index in [1.165, 1.54) is 12.8 Å². The van der Waals surface area contributed by atoms with Gasteiger partial charge in [-0.1, -0.05) is 29.8 Å². The maximum atomic E-state index is 6.27. The first-order valence-corrected chi connectivity index (χ1v) is 10.3. The van der Waals surface area contributed by atoms with Gasteiger partial charge >= 0.3 is 0 Å². The van der Waals surface area contributed by atoms with Crippen molar-refractivity contribution in [1.29, 1.82) is 0 Å². The first-order valence-electron chi connectivity index (χ1n) is 9.08. The molecule has 1 aliphatic heterocycles. The molecule has 2 aromatic rings. The molecule has 2 N–H and O–H groups in total. The van der Waals surface area contributed by atoms with Crippen molar-refractivity contribution >= 4 is 34.0 Å². The number of benzene rings is 1. The highest BCUT2D eigenvalue weighted by Crippen LogP contribution is 2.24. The molecule has 1 atom stereocenters. The van der Waals surface area contributed by atoms with E-state index in [-0.39, 0.29) is 6.04 Å². The molecule has 0 amide bonds. The fourth-order valence-corrected chi connectivity index (χ4v) is 4.29. The Kier molecular flexibility index (Phi) is 6.74. The van der Waals surface area contributed by atoms with Crippen LogP contribution in [0.1, 0.15) is 37.1 Å². The fraction of sp³-hybridized carbons (Fsp3) is 0.474. The lowest BCUT2D eigenvalue weighted by Gasteiger charge is -2.19. The lowest BCUT2D eigenvalue weighted by Crippen LogP contribution is -2.39. The number of aliphatic imine (C=N–C) groups is 1. The molecule has 0 bridgehead atoms. The predicted octanol–water partition coefficient (Wildman–Crippen LogP) is 3.87. The highest BCUT2D eigenvalue weighted by Gasteiger charge is 2.15. The quantitative estimate of drug-likeness (QED) is 0.579. The second-order valence-corrected chi connectivity index (χ2v) is 7.70. The van der Waals surface area contributed by atoms with Gasteiger partial charge in [-0.15, -0.1) is 11.3 Å². The summed E-state index contributed by atoms with van der Waals surface area (Å²) in [7, 11) is 1.78. The van der Waals surface area contributed by atoms with Gasteiger partial charge in [-0.05, 0) is 31.4 Å². The molecular weight excluding hydrogens is 366 g/mol. The van der Waals surface area contributed by atoms with Crippen LogP contribution in [0.5, 0.6) is 0 Å². The third-order valence-electron chi connectivity index (χ3n) is 4.54. The molecule has 1 unspecified atom stereocenters. The van der Waals surface area contributed by atoms with Crippen LogP contribution in [-0.4, -0.2) is 37.6 Å². The first kappa shape index (κ1) is 19.0. The summed E-state index contributed by atoms with van der Waals surface area (Å²) in [6, 6.07) is 7.95. The van der Waals surface area contributed by atoms with E-state index < -0.39 is 0 Å². The summed E-state index contributed by atoms with van der Waals surface area (Å²) in [5.74, 6) is 0.771. The van der Waals surface area contributed by atoms with Crippen molar-refractivity contribution in [3.8, 4) is 0 Å². The summed E-state index contributed by atoms with van der Waals surface area (Å²) in [5.41, 5.74) is 2.20. The molecule has 1 aromatic heterocycles. The second-order valence-electron chi connectivity index (χ2n) is 6.45. The number of rotatable bonds is 6. The van der Waals surface area contributed by atoms with Crippen molar-refractivity contribution in [2.45, 2.75) is 32.2 Å². The summed E-state index contributed by atoms with van der Waals surface area (Å²) in [5, 5.41) is 10.8. The number of halogens is 1. The summed E-state index contributed by atoms with van der Waals surface area (Å²) < 4.78 is 0. The monoisotopic (exact) mass is 391 g/mol. The zero-order chi connectivity index (χ0) is 18.4. The number of nitrogens with zero attached hydrogens (tertiary/aromatic N) is 3. The molecule has 1 aromatic carbocycles. The van der Waals surface area contributed by atoms with E-state index in [0.717, 1.165) is 53.4 Å². The molecule has 0 spiro atoms. The average Bonchev–Trinajstić information content (AvgIpc) is 3.32. The molecular formula is C19H26ClN5S. The Balaban J connectivity index is 1.48. The minimum atomic E-state index is 0.0796. The number of hydrogen-bond acceptors (Lipinski definition) is 4. The van der Waals surface area contributed by atoms with Gasteiger partial charge in [-0.25, -0.2) is 4.98 Å². The van der Waals surface area contributed by atoms with Crippen molar-refractivity contribution in [2.24, 2.45) is 4.99 Å². The van der Waals surface area contributed by atoms with Crippen molar-refractivity contribution in [1.82, 2.24) is 15.6 Å². The van der Waals surface area contributed by atoms with E-state index in [0.29, 0.717) is 0 Å². The number of aromatic nitrogens is 1. The van der Waals surface area contributed by atoms with Crippen LogP contribution in [0.25, 0.3) is 0 Å². The summed E-state index contributed by atoms with van der Waals surface area (Å²) in [4.78, 5) is 11.5. The normalized spacial score (nSPS) is 16.0. The van der Waals surface area contributed by atoms with Crippen molar-refractivity contribution in [3.05, 3.63) is 45.9 Å². The van der Waals surface area contributed by atoms with Gasteiger partial charge in [0.2, 0.25) is 0 Å². The SMILES string of the molecule is CN=C(NCCc1csc(N2CCCC2)n1)NC(C)c1ccccc1Cl. The minimum absolute atomic E-state index is 0.0796. The topological polar surface area (TPSA) is 52.6 Å². The van der Waals surface area contributed by atoms with Crippen LogP contribution in [0.2, 0.25) is 5.02 Å². The first-order chi connectivity index (χ1) is 12.7. The predicted molar refractivity (Wildman–Crippen MR) is 112 cm³/mol. The Labute approximate surface area is 164 Å². The fourth-order valence-electron chi connectivity index (χ4n) is 3.08. The van der Waals surface area contributed by atoms with Crippen LogP contribution < -0.4 is 15.5 Å². The van der Waals surface area contributed by atoms with E-state index in [2.05, 4.69) is 32.8 Å². The van der Waals surface area contributed by atoms with Crippen LogP contribution in [-0.2, 0) is 6.42 Å². The number of nitrogens with one attached hydrogen (secondary N) is 2. The third kappa shape index (κ3) is 4.89. The van der Waals surface area contributed by atoms with E-state index in [4.69, 9.17) is 16.6 Å². The zero-order valence-electron chi connectivity index (χ0n) is 15.3. The molecule has 0 aliphatic carbocycles. The van der Waals surface area contributed by atoms with E-state index in [9.17, 15) is 0 Å². The molecule has 140 valence electrons. The zero-order valence-corrected chi connectivity index (χ0v) is 16.9. The molecule has 1 aliphatic rings. The number of hydrogen-bond donors (Lipinski definition) is 2. The van der Waals surface area contributed by atoms with E-state index in [1.807, 2.05) is 24.3 Å².